The van der Waals surface area contributed by atoms with Crippen molar-refractivity contribution in [1.29, 1.82) is 0 Å². The second kappa shape index (κ2) is 8.78. The van der Waals surface area contributed by atoms with Gasteiger partial charge in [-0.15, -0.1) is 0 Å². The van der Waals surface area contributed by atoms with Crippen LogP contribution in [0.4, 0.5) is 11.5 Å². The molecule has 2 aromatic rings. The first-order chi connectivity index (χ1) is 12.6. The highest BCUT2D eigenvalue weighted by molar-refractivity contribution is 5.94. The fraction of sp³-hybridized carbons (Fsp3) is 0.400. The summed E-state index contributed by atoms with van der Waals surface area (Å²) in [7, 11) is 0. The van der Waals surface area contributed by atoms with Gasteiger partial charge in [0.15, 0.2) is 0 Å². The number of nitrogens with zero attached hydrogens (tertiary/aromatic N) is 2. The average Bonchev–Trinajstić information content (AvgIpc) is 2.66. The largest absolute Gasteiger partial charge is 0.379 e. The monoisotopic (exact) mass is 354 g/mol. The van der Waals surface area contributed by atoms with E-state index in [1.165, 1.54) is 5.56 Å². The topological polar surface area (TPSA) is 66.5 Å². The van der Waals surface area contributed by atoms with Crippen molar-refractivity contribution in [1.82, 2.24) is 15.2 Å². The zero-order valence-corrected chi connectivity index (χ0v) is 15.4. The molecule has 0 spiro atoms. The summed E-state index contributed by atoms with van der Waals surface area (Å²) < 4.78 is 5.33. The normalized spacial score (nSPS) is 14.8. The maximum atomic E-state index is 12.4. The van der Waals surface area contributed by atoms with E-state index in [9.17, 15) is 4.79 Å². The number of anilines is 2. The lowest BCUT2D eigenvalue weighted by molar-refractivity contribution is 0.0383. The van der Waals surface area contributed by atoms with Crippen LogP contribution in [0.2, 0.25) is 0 Å². The molecule has 0 unspecified atom stereocenters. The average molecular weight is 354 g/mol. The molecule has 6 heteroatoms. The number of nitrogens with one attached hydrogen (secondary N) is 2. The van der Waals surface area contributed by atoms with Crippen LogP contribution in [0, 0.1) is 13.8 Å². The summed E-state index contributed by atoms with van der Waals surface area (Å²) in [6.45, 7) is 8.95. The van der Waals surface area contributed by atoms with E-state index < -0.39 is 0 Å². The fourth-order valence-electron chi connectivity index (χ4n) is 2.90. The summed E-state index contributed by atoms with van der Waals surface area (Å²) in [5.74, 6) is 0.587. The van der Waals surface area contributed by atoms with Crippen LogP contribution in [-0.4, -0.2) is 55.2 Å². The third kappa shape index (κ3) is 5.03. The zero-order valence-electron chi connectivity index (χ0n) is 15.4. The molecule has 1 fully saturated rings. The number of morpholine rings is 1. The van der Waals surface area contributed by atoms with Gasteiger partial charge in [-0.25, -0.2) is 4.98 Å². The zero-order chi connectivity index (χ0) is 18.4. The smallest absolute Gasteiger partial charge is 0.251 e. The predicted octanol–water partition coefficient (Wildman–Crippen LogP) is 2.50. The van der Waals surface area contributed by atoms with Gasteiger partial charge in [0.25, 0.3) is 5.91 Å². The Morgan fingerprint density at radius 1 is 1.19 bits per heavy atom. The molecule has 26 heavy (non-hydrogen) atoms. The van der Waals surface area contributed by atoms with Crippen molar-refractivity contribution in [2.45, 2.75) is 13.8 Å². The number of amides is 1. The predicted molar refractivity (Wildman–Crippen MR) is 103 cm³/mol. The van der Waals surface area contributed by atoms with Crippen LogP contribution in [0.25, 0.3) is 0 Å². The molecule has 1 aromatic heterocycles. The lowest BCUT2D eigenvalue weighted by Crippen LogP contribution is -2.41. The first-order valence-corrected chi connectivity index (χ1v) is 9.00. The van der Waals surface area contributed by atoms with E-state index in [0.29, 0.717) is 17.9 Å². The first kappa shape index (κ1) is 18.4. The third-order valence-electron chi connectivity index (χ3n) is 4.50. The number of aromatic nitrogens is 1. The summed E-state index contributed by atoms with van der Waals surface area (Å²) in [5, 5.41) is 6.28. The van der Waals surface area contributed by atoms with Gasteiger partial charge in [0.1, 0.15) is 5.82 Å². The molecule has 2 heterocycles. The summed E-state index contributed by atoms with van der Waals surface area (Å²) in [6.07, 6.45) is 1.66. The van der Waals surface area contributed by atoms with E-state index in [-0.39, 0.29) is 5.91 Å². The number of aryl methyl sites for hydroxylation is 2. The van der Waals surface area contributed by atoms with Crippen LogP contribution >= 0.6 is 0 Å². The quantitative estimate of drug-likeness (QED) is 0.834. The number of benzene rings is 1. The van der Waals surface area contributed by atoms with Crippen molar-refractivity contribution < 1.29 is 9.53 Å². The fourth-order valence-corrected chi connectivity index (χ4v) is 2.90. The van der Waals surface area contributed by atoms with E-state index >= 15 is 0 Å². The molecule has 1 saturated heterocycles. The molecule has 0 radical (unpaired) electrons. The molecule has 1 aliphatic heterocycles. The van der Waals surface area contributed by atoms with Crippen LogP contribution in [-0.2, 0) is 4.74 Å². The highest BCUT2D eigenvalue weighted by Gasteiger charge is 2.11. The molecule has 0 atom stereocenters. The number of carbonyl (C=O) groups is 1. The molecular weight excluding hydrogens is 328 g/mol. The Hall–Kier alpha value is -2.44. The van der Waals surface area contributed by atoms with Gasteiger partial charge in [-0.05, 0) is 43.2 Å². The Bertz CT molecular complexity index is 757. The summed E-state index contributed by atoms with van der Waals surface area (Å²) in [6, 6.07) is 9.74. The van der Waals surface area contributed by atoms with Gasteiger partial charge in [-0.2, -0.15) is 0 Å². The molecule has 0 bridgehead atoms. The van der Waals surface area contributed by atoms with Gasteiger partial charge >= 0.3 is 0 Å². The van der Waals surface area contributed by atoms with Crippen molar-refractivity contribution in [2.75, 3.05) is 44.7 Å². The number of hydrogen-bond donors (Lipinski definition) is 2. The molecule has 6 nitrogen and oxygen atoms in total. The van der Waals surface area contributed by atoms with E-state index in [4.69, 9.17) is 4.74 Å². The number of hydrogen-bond acceptors (Lipinski definition) is 5. The highest BCUT2D eigenvalue weighted by Crippen LogP contribution is 2.21. The third-order valence-corrected chi connectivity index (χ3v) is 4.50. The number of rotatable bonds is 6. The minimum Gasteiger partial charge on any atom is -0.379 e. The van der Waals surface area contributed by atoms with E-state index in [1.54, 1.807) is 18.3 Å². The van der Waals surface area contributed by atoms with Gasteiger partial charge in [-0.1, -0.05) is 12.1 Å². The Morgan fingerprint density at radius 3 is 2.81 bits per heavy atom. The van der Waals surface area contributed by atoms with Crippen LogP contribution in [0.3, 0.4) is 0 Å². The molecule has 2 N–H and O–H groups in total. The van der Waals surface area contributed by atoms with Crippen molar-refractivity contribution in [3.63, 3.8) is 0 Å². The van der Waals surface area contributed by atoms with Gasteiger partial charge < -0.3 is 15.4 Å². The minimum absolute atomic E-state index is 0.0790. The first-order valence-electron chi connectivity index (χ1n) is 9.00. The molecule has 3 rings (SSSR count). The van der Waals surface area contributed by atoms with Crippen molar-refractivity contribution in [2.24, 2.45) is 0 Å². The number of pyridine rings is 1. The number of ether oxygens (including phenoxy) is 1. The van der Waals surface area contributed by atoms with Gasteiger partial charge in [0, 0.05) is 43.6 Å². The Morgan fingerprint density at radius 2 is 2.00 bits per heavy atom. The van der Waals surface area contributed by atoms with Crippen LogP contribution in [0.5, 0.6) is 0 Å². The second-order valence-corrected chi connectivity index (χ2v) is 6.58. The lowest BCUT2D eigenvalue weighted by atomic mass is 10.1. The minimum atomic E-state index is -0.0790. The molecule has 1 aromatic carbocycles. The summed E-state index contributed by atoms with van der Waals surface area (Å²) in [4.78, 5) is 19.0. The molecule has 138 valence electrons. The molecule has 1 aliphatic rings. The Balaban J connectivity index is 1.57. The van der Waals surface area contributed by atoms with Crippen molar-refractivity contribution in [3.05, 3.63) is 53.2 Å². The lowest BCUT2D eigenvalue weighted by Gasteiger charge is -2.26. The van der Waals surface area contributed by atoms with Crippen LogP contribution in [0.15, 0.2) is 36.5 Å². The molecular formula is C20H26N4O2. The molecule has 0 saturated carbocycles. The van der Waals surface area contributed by atoms with Gasteiger partial charge in [0.2, 0.25) is 0 Å². The maximum absolute atomic E-state index is 12.4. The van der Waals surface area contributed by atoms with E-state index in [1.807, 2.05) is 6.92 Å². The highest BCUT2D eigenvalue weighted by atomic mass is 16.5. The van der Waals surface area contributed by atoms with E-state index in [2.05, 4.69) is 45.6 Å². The van der Waals surface area contributed by atoms with Crippen LogP contribution in [0.1, 0.15) is 21.5 Å². The van der Waals surface area contributed by atoms with Crippen molar-refractivity contribution in [3.8, 4) is 0 Å². The Labute approximate surface area is 154 Å². The maximum Gasteiger partial charge on any atom is 0.251 e. The summed E-state index contributed by atoms with van der Waals surface area (Å²) >= 11 is 0. The molecule has 1 amide bonds. The SMILES string of the molecule is Cc1ccc(C)c(Nc2cc(C(=O)NCCN3CCOCC3)ccn2)c1. The number of carbonyl (C=O) groups excluding carboxylic acids is 1. The standard InChI is InChI=1S/C20H26N4O2/c1-15-3-4-16(2)18(13-15)23-19-14-17(5-6-21-19)20(25)22-7-8-24-9-11-26-12-10-24/h3-6,13-14H,7-12H2,1-2H3,(H,21,23)(H,22,25). The van der Waals surface area contributed by atoms with Gasteiger partial charge in [0.05, 0.1) is 13.2 Å². The van der Waals surface area contributed by atoms with Crippen LogP contribution < -0.4 is 10.6 Å². The van der Waals surface area contributed by atoms with E-state index in [0.717, 1.165) is 44.1 Å². The molecule has 0 aliphatic carbocycles. The van der Waals surface area contributed by atoms with Gasteiger partial charge in [-0.3, -0.25) is 9.69 Å². The van der Waals surface area contributed by atoms with Crippen molar-refractivity contribution >= 4 is 17.4 Å². The summed E-state index contributed by atoms with van der Waals surface area (Å²) in [5.41, 5.74) is 3.92. The Kier molecular flexibility index (Phi) is 6.20. The second-order valence-electron chi connectivity index (χ2n) is 6.58.